The van der Waals surface area contributed by atoms with E-state index < -0.39 is 0 Å². The molecule has 4 rings (SSSR count). The first-order valence-corrected chi connectivity index (χ1v) is 10.8. The van der Waals surface area contributed by atoms with Gasteiger partial charge in [0.05, 0.1) is 25.5 Å². The molecule has 0 N–H and O–H groups in total. The Balaban J connectivity index is 1.77. The van der Waals surface area contributed by atoms with E-state index in [1.54, 1.807) is 25.3 Å². The SMILES string of the molecule is COc1ccc(N2C(=O)C(c3ccccc3)=C(N(C)C3CCN(C)CC3)C2=O)cc1OC. The van der Waals surface area contributed by atoms with Crippen molar-refractivity contribution in [1.29, 1.82) is 0 Å². The van der Waals surface area contributed by atoms with Gasteiger partial charge in [-0.25, -0.2) is 4.90 Å². The number of likely N-dealkylation sites (tertiary alicyclic amines) is 1. The molecule has 32 heavy (non-hydrogen) atoms. The van der Waals surface area contributed by atoms with Crippen molar-refractivity contribution in [2.45, 2.75) is 18.9 Å². The van der Waals surface area contributed by atoms with Gasteiger partial charge in [-0.15, -0.1) is 0 Å². The molecule has 0 saturated carbocycles. The van der Waals surface area contributed by atoms with E-state index >= 15 is 0 Å². The zero-order valence-corrected chi connectivity index (χ0v) is 19.0. The number of imide groups is 1. The number of hydrogen-bond acceptors (Lipinski definition) is 6. The first-order chi connectivity index (χ1) is 15.5. The number of carbonyl (C=O) groups excluding carboxylic acids is 2. The molecule has 2 aromatic carbocycles. The maximum atomic E-state index is 13.7. The van der Waals surface area contributed by atoms with Gasteiger partial charge in [-0.2, -0.15) is 0 Å². The smallest absolute Gasteiger partial charge is 0.282 e. The molecule has 1 fully saturated rings. The molecule has 2 aliphatic rings. The highest BCUT2D eigenvalue weighted by Crippen LogP contribution is 2.39. The maximum Gasteiger partial charge on any atom is 0.282 e. The monoisotopic (exact) mass is 435 g/mol. The molecule has 168 valence electrons. The van der Waals surface area contributed by atoms with Gasteiger partial charge in [0.25, 0.3) is 11.8 Å². The van der Waals surface area contributed by atoms with Crippen LogP contribution in [0.2, 0.25) is 0 Å². The van der Waals surface area contributed by atoms with Crippen LogP contribution in [0.5, 0.6) is 11.5 Å². The number of amides is 2. The third kappa shape index (κ3) is 3.84. The Kier molecular flexibility index (Phi) is 6.19. The summed E-state index contributed by atoms with van der Waals surface area (Å²) < 4.78 is 10.7. The highest BCUT2D eigenvalue weighted by Gasteiger charge is 2.43. The summed E-state index contributed by atoms with van der Waals surface area (Å²) in [5.41, 5.74) is 2.08. The number of methoxy groups -OCH3 is 2. The van der Waals surface area contributed by atoms with Gasteiger partial charge in [0.2, 0.25) is 0 Å². The first-order valence-electron chi connectivity index (χ1n) is 10.8. The van der Waals surface area contributed by atoms with Crippen LogP contribution in [-0.4, -0.2) is 69.1 Å². The van der Waals surface area contributed by atoms with Crippen molar-refractivity contribution in [1.82, 2.24) is 9.80 Å². The molecular weight excluding hydrogens is 406 g/mol. The number of hydrogen-bond donors (Lipinski definition) is 0. The quantitative estimate of drug-likeness (QED) is 0.650. The number of anilines is 1. The van der Waals surface area contributed by atoms with Gasteiger partial charge in [0, 0.05) is 19.2 Å². The molecule has 2 amide bonds. The molecule has 0 aliphatic carbocycles. The van der Waals surface area contributed by atoms with Crippen LogP contribution in [-0.2, 0) is 9.59 Å². The zero-order chi connectivity index (χ0) is 22.8. The van der Waals surface area contributed by atoms with Crippen LogP contribution >= 0.6 is 0 Å². The van der Waals surface area contributed by atoms with E-state index in [0.29, 0.717) is 28.5 Å². The second-order valence-corrected chi connectivity index (χ2v) is 8.22. The number of rotatable bonds is 6. The average molecular weight is 436 g/mol. The minimum absolute atomic E-state index is 0.196. The number of benzene rings is 2. The van der Waals surface area contributed by atoms with E-state index in [2.05, 4.69) is 11.9 Å². The van der Waals surface area contributed by atoms with E-state index in [4.69, 9.17) is 9.47 Å². The lowest BCUT2D eigenvalue weighted by molar-refractivity contribution is -0.120. The van der Waals surface area contributed by atoms with Crippen molar-refractivity contribution in [2.24, 2.45) is 0 Å². The van der Waals surface area contributed by atoms with Gasteiger partial charge >= 0.3 is 0 Å². The number of nitrogens with zero attached hydrogens (tertiary/aromatic N) is 3. The summed E-state index contributed by atoms with van der Waals surface area (Å²) in [5, 5.41) is 0. The summed E-state index contributed by atoms with van der Waals surface area (Å²) in [6.07, 6.45) is 1.88. The highest BCUT2D eigenvalue weighted by atomic mass is 16.5. The summed E-state index contributed by atoms with van der Waals surface area (Å²) in [7, 11) is 7.11. The molecule has 0 spiro atoms. The summed E-state index contributed by atoms with van der Waals surface area (Å²) in [4.78, 5) is 32.9. The van der Waals surface area contributed by atoms with Gasteiger partial charge in [-0.1, -0.05) is 30.3 Å². The van der Waals surface area contributed by atoms with Crippen molar-refractivity contribution < 1.29 is 19.1 Å². The lowest BCUT2D eigenvalue weighted by atomic mass is 10.0. The molecule has 0 bridgehead atoms. The first kappa shape index (κ1) is 21.9. The van der Waals surface area contributed by atoms with Crippen LogP contribution in [0, 0.1) is 0 Å². The molecule has 0 unspecified atom stereocenters. The molecule has 7 heteroatoms. The number of carbonyl (C=O) groups is 2. The number of piperidine rings is 1. The van der Waals surface area contributed by atoms with Crippen LogP contribution in [0.4, 0.5) is 5.69 Å². The predicted molar refractivity (Wildman–Crippen MR) is 124 cm³/mol. The van der Waals surface area contributed by atoms with Crippen molar-refractivity contribution in [2.75, 3.05) is 46.3 Å². The molecule has 0 radical (unpaired) electrons. The van der Waals surface area contributed by atoms with E-state index in [1.807, 2.05) is 42.3 Å². The van der Waals surface area contributed by atoms with Gasteiger partial charge < -0.3 is 19.3 Å². The van der Waals surface area contributed by atoms with Crippen LogP contribution in [0.25, 0.3) is 5.57 Å². The van der Waals surface area contributed by atoms with E-state index in [9.17, 15) is 9.59 Å². The highest BCUT2D eigenvalue weighted by molar-refractivity contribution is 6.45. The summed E-state index contributed by atoms with van der Waals surface area (Å²) in [6.45, 7) is 1.93. The molecule has 7 nitrogen and oxygen atoms in total. The fraction of sp³-hybridized carbons (Fsp3) is 0.360. The third-order valence-corrected chi connectivity index (χ3v) is 6.34. The third-order valence-electron chi connectivity index (χ3n) is 6.34. The molecule has 0 aromatic heterocycles. The Hall–Kier alpha value is -3.32. The molecule has 2 heterocycles. The Bertz CT molecular complexity index is 1040. The van der Waals surface area contributed by atoms with Crippen LogP contribution in [0.1, 0.15) is 18.4 Å². The second-order valence-electron chi connectivity index (χ2n) is 8.22. The average Bonchev–Trinajstić information content (AvgIpc) is 3.09. The second kappa shape index (κ2) is 9.04. The number of likely N-dealkylation sites (N-methyl/N-ethyl adjacent to an activating group) is 1. The Labute approximate surface area is 188 Å². The standard InChI is InChI=1S/C25H29N3O4/c1-26-14-12-18(13-15-26)27(2)23-22(17-8-6-5-7-9-17)24(29)28(25(23)30)19-10-11-20(31-3)21(16-19)32-4/h5-11,16,18H,12-15H2,1-4H3. The molecular formula is C25H29N3O4. The minimum Gasteiger partial charge on any atom is -0.493 e. The Morgan fingerprint density at radius 1 is 0.906 bits per heavy atom. The van der Waals surface area contributed by atoms with Crippen molar-refractivity contribution in [3.63, 3.8) is 0 Å². The van der Waals surface area contributed by atoms with Crippen LogP contribution < -0.4 is 14.4 Å². The fourth-order valence-corrected chi connectivity index (χ4v) is 4.47. The Morgan fingerprint density at radius 2 is 1.56 bits per heavy atom. The molecule has 1 saturated heterocycles. The minimum atomic E-state index is -0.330. The normalized spacial score (nSPS) is 17.8. The predicted octanol–water partition coefficient (Wildman–Crippen LogP) is 3.01. The number of ether oxygens (including phenoxy) is 2. The van der Waals surface area contributed by atoms with E-state index in [1.165, 1.54) is 12.0 Å². The van der Waals surface area contributed by atoms with Gasteiger partial charge in [-0.3, -0.25) is 9.59 Å². The maximum absolute atomic E-state index is 13.7. The van der Waals surface area contributed by atoms with E-state index in [0.717, 1.165) is 31.5 Å². The Morgan fingerprint density at radius 3 is 2.19 bits per heavy atom. The lowest BCUT2D eigenvalue weighted by Crippen LogP contribution is -2.43. The topological polar surface area (TPSA) is 62.3 Å². The summed E-state index contributed by atoms with van der Waals surface area (Å²) in [6, 6.07) is 14.7. The summed E-state index contributed by atoms with van der Waals surface area (Å²) in [5.74, 6) is 0.352. The van der Waals surface area contributed by atoms with E-state index in [-0.39, 0.29) is 17.9 Å². The van der Waals surface area contributed by atoms with Gasteiger partial charge in [0.1, 0.15) is 5.70 Å². The van der Waals surface area contributed by atoms with Crippen LogP contribution in [0.3, 0.4) is 0 Å². The summed E-state index contributed by atoms with van der Waals surface area (Å²) >= 11 is 0. The largest absolute Gasteiger partial charge is 0.493 e. The lowest BCUT2D eigenvalue weighted by Gasteiger charge is -2.36. The van der Waals surface area contributed by atoms with Crippen molar-refractivity contribution >= 4 is 23.1 Å². The zero-order valence-electron chi connectivity index (χ0n) is 19.0. The van der Waals surface area contributed by atoms with Gasteiger partial charge in [0.15, 0.2) is 11.5 Å². The fourth-order valence-electron chi connectivity index (χ4n) is 4.47. The molecule has 0 atom stereocenters. The van der Waals surface area contributed by atoms with Crippen LogP contribution in [0.15, 0.2) is 54.2 Å². The van der Waals surface area contributed by atoms with Gasteiger partial charge in [-0.05, 0) is 50.7 Å². The molecule has 2 aliphatic heterocycles. The van der Waals surface area contributed by atoms with Crippen molar-refractivity contribution in [3.05, 3.63) is 59.8 Å². The van der Waals surface area contributed by atoms with Crippen molar-refractivity contribution in [3.8, 4) is 11.5 Å². The molecule has 2 aromatic rings.